The Labute approximate surface area is 209 Å². The lowest BCUT2D eigenvalue weighted by Crippen LogP contribution is -2.58. The molecular weight excluding hydrogens is 470 g/mol. The molecule has 0 aliphatic heterocycles. The van der Waals surface area contributed by atoms with Crippen molar-refractivity contribution in [2.75, 3.05) is 6.54 Å². The molecule has 0 radical (unpaired) electrons. The molecule has 0 saturated heterocycles. The van der Waals surface area contributed by atoms with Crippen LogP contribution in [0.4, 0.5) is 0 Å². The van der Waals surface area contributed by atoms with E-state index in [1.807, 2.05) is 0 Å². The van der Waals surface area contributed by atoms with E-state index < -0.39 is 47.9 Å². The average molecular weight is 508 g/mol. The molecule has 1 aromatic carbocycles. The lowest BCUT2D eigenvalue weighted by molar-refractivity contribution is -0.141. The van der Waals surface area contributed by atoms with Crippen LogP contribution in [0.5, 0.6) is 5.75 Å². The fourth-order valence-electron chi connectivity index (χ4n) is 3.18. The number of nitrogens with two attached hydrogens (primary N) is 3. The van der Waals surface area contributed by atoms with Crippen LogP contribution in [-0.4, -0.2) is 70.6 Å². The normalized spacial score (nSPS) is 14.1. The summed E-state index contributed by atoms with van der Waals surface area (Å²) in [6, 6.07) is 2.01. The predicted octanol–water partition coefficient (Wildman–Crippen LogP) is -1.47. The van der Waals surface area contributed by atoms with Gasteiger partial charge in [0.1, 0.15) is 23.9 Å². The van der Waals surface area contributed by atoms with E-state index in [9.17, 15) is 24.3 Å². The summed E-state index contributed by atoms with van der Waals surface area (Å²) >= 11 is 0. The minimum absolute atomic E-state index is 0.0861. The molecule has 4 unspecified atom stereocenters. The van der Waals surface area contributed by atoms with Crippen molar-refractivity contribution in [3.8, 4) is 5.75 Å². The number of nitrogens with zero attached hydrogens (tertiary/aromatic N) is 1. The molecule has 11 N–H and O–H groups in total. The monoisotopic (exact) mass is 507 g/mol. The molecule has 0 spiro atoms. The van der Waals surface area contributed by atoms with Crippen molar-refractivity contribution in [3.63, 3.8) is 0 Å². The summed E-state index contributed by atoms with van der Waals surface area (Å²) < 4.78 is 0. The van der Waals surface area contributed by atoms with E-state index in [2.05, 4.69) is 20.9 Å². The number of carboxylic acid groups (broad SMARTS) is 1. The number of hydrogen-bond acceptors (Lipinski definition) is 7. The van der Waals surface area contributed by atoms with Crippen LogP contribution >= 0.6 is 0 Å². The second-order valence-corrected chi connectivity index (χ2v) is 8.79. The zero-order valence-corrected chi connectivity index (χ0v) is 20.7. The molecule has 0 aliphatic rings. The van der Waals surface area contributed by atoms with Gasteiger partial charge in [-0.25, -0.2) is 0 Å². The van der Waals surface area contributed by atoms with Crippen molar-refractivity contribution in [3.05, 3.63) is 29.8 Å². The highest BCUT2D eigenvalue weighted by atomic mass is 16.4. The first-order valence-corrected chi connectivity index (χ1v) is 11.5. The number of aliphatic imine (C=N–C) groups is 1. The van der Waals surface area contributed by atoms with Crippen molar-refractivity contribution in [1.82, 2.24) is 16.0 Å². The van der Waals surface area contributed by atoms with Gasteiger partial charge < -0.3 is 43.4 Å². The van der Waals surface area contributed by atoms with E-state index in [-0.39, 0.29) is 37.0 Å². The number of carbonyl (C=O) groups excluding carboxylic acids is 3. The smallest absolute Gasteiger partial charge is 0.325 e. The van der Waals surface area contributed by atoms with E-state index in [4.69, 9.17) is 22.3 Å². The molecule has 4 atom stereocenters. The van der Waals surface area contributed by atoms with Gasteiger partial charge in [0.25, 0.3) is 0 Å². The SMILES string of the molecule is CC(NC(=O)C(CCCN=C(N)N)NC(=O)C(NC(=O)C(N)Cc1ccc(O)cc1)C(C)C)C(=O)O. The van der Waals surface area contributed by atoms with Crippen LogP contribution in [0.2, 0.25) is 0 Å². The first-order valence-electron chi connectivity index (χ1n) is 11.5. The molecule has 0 aromatic heterocycles. The van der Waals surface area contributed by atoms with Crippen LogP contribution in [0.25, 0.3) is 0 Å². The van der Waals surface area contributed by atoms with Gasteiger partial charge in [-0.1, -0.05) is 26.0 Å². The van der Waals surface area contributed by atoms with Gasteiger partial charge in [-0.3, -0.25) is 24.2 Å². The molecule has 0 aliphatic carbocycles. The molecule has 13 heteroatoms. The molecule has 0 saturated carbocycles. The number of phenolic OH excluding ortho intramolecular Hbond substituents is 1. The van der Waals surface area contributed by atoms with Crippen LogP contribution in [0.3, 0.4) is 0 Å². The average Bonchev–Trinajstić information content (AvgIpc) is 2.79. The molecule has 1 rings (SSSR count). The zero-order valence-electron chi connectivity index (χ0n) is 20.7. The summed E-state index contributed by atoms with van der Waals surface area (Å²) in [4.78, 5) is 53.4. The van der Waals surface area contributed by atoms with Crippen LogP contribution in [0, 0.1) is 5.92 Å². The molecular formula is C23H37N7O6. The zero-order chi connectivity index (χ0) is 27.4. The van der Waals surface area contributed by atoms with Crippen molar-refractivity contribution in [2.24, 2.45) is 28.1 Å². The highest BCUT2D eigenvalue weighted by Gasteiger charge is 2.30. The number of phenols is 1. The fraction of sp³-hybridized carbons (Fsp3) is 0.522. The maximum Gasteiger partial charge on any atom is 0.325 e. The van der Waals surface area contributed by atoms with Crippen LogP contribution in [0.15, 0.2) is 29.3 Å². The second-order valence-electron chi connectivity index (χ2n) is 8.79. The van der Waals surface area contributed by atoms with Crippen LogP contribution < -0.4 is 33.2 Å². The Hall–Kier alpha value is -3.87. The molecule has 36 heavy (non-hydrogen) atoms. The Balaban J connectivity index is 2.90. The van der Waals surface area contributed by atoms with E-state index in [1.165, 1.54) is 19.1 Å². The van der Waals surface area contributed by atoms with Crippen molar-refractivity contribution >= 4 is 29.7 Å². The number of nitrogens with one attached hydrogen (secondary N) is 3. The maximum absolute atomic E-state index is 13.1. The first kappa shape index (κ1) is 30.2. The van der Waals surface area contributed by atoms with Gasteiger partial charge in [-0.15, -0.1) is 0 Å². The number of rotatable bonds is 14. The Morgan fingerprint density at radius 1 is 0.944 bits per heavy atom. The third-order valence-corrected chi connectivity index (χ3v) is 5.28. The van der Waals surface area contributed by atoms with E-state index >= 15 is 0 Å². The fourth-order valence-corrected chi connectivity index (χ4v) is 3.18. The molecule has 0 bridgehead atoms. The van der Waals surface area contributed by atoms with Gasteiger partial charge in [0.05, 0.1) is 6.04 Å². The largest absolute Gasteiger partial charge is 0.508 e. The van der Waals surface area contributed by atoms with Crippen molar-refractivity contribution < 1.29 is 29.4 Å². The number of aliphatic carboxylic acids is 1. The van der Waals surface area contributed by atoms with Gasteiger partial charge in [-0.2, -0.15) is 0 Å². The van der Waals surface area contributed by atoms with Gasteiger partial charge in [0.2, 0.25) is 17.7 Å². The quantitative estimate of drug-likeness (QED) is 0.0832. The maximum atomic E-state index is 13.1. The molecule has 200 valence electrons. The molecule has 3 amide bonds. The Morgan fingerprint density at radius 3 is 2.08 bits per heavy atom. The number of carboxylic acids is 1. The summed E-state index contributed by atoms with van der Waals surface area (Å²) in [5.74, 6) is -3.50. The number of benzene rings is 1. The van der Waals surface area contributed by atoms with Crippen LogP contribution in [-0.2, 0) is 25.6 Å². The number of amides is 3. The second kappa shape index (κ2) is 14.5. The number of carbonyl (C=O) groups is 4. The molecule has 1 aromatic rings. The Morgan fingerprint density at radius 2 is 1.56 bits per heavy atom. The number of aromatic hydroxyl groups is 1. The van der Waals surface area contributed by atoms with E-state index in [0.717, 1.165) is 5.56 Å². The standard InChI is InChI=1S/C23H37N7O6/c1-12(2)18(30-19(32)16(24)11-14-6-8-15(31)9-7-14)21(34)29-17(5-4-10-27-23(25)26)20(33)28-13(3)22(35)36/h6-9,12-13,16-18,31H,4-5,10-11,24H2,1-3H3,(H,28,33)(H,29,34)(H,30,32)(H,35,36)(H4,25,26,27). The summed E-state index contributed by atoms with van der Waals surface area (Å²) in [7, 11) is 0. The number of guanidine groups is 1. The van der Waals surface area contributed by atoms with Gasteiger partial charge in [0, 0.05) is 6.54 Å². The lowest BCUT2D eigenvalue weighted by atomic mass is 10.0. The van der Waals surface area contributed by atoms with Gasteiger partial charge in [-0.05, 0) is 49.8 Å². The molecule has 0 fully saturated rings. The summed E-state index contributed by atoms with van der Waals surface area (Å²) in [6.07, 6.45) is 0.634. The third kappa shape index (κ3) is 10.6. The Bertz CT molecular complexity index is 931. The molecule has 0 heterocycles. The van der Waals surface area contributed by atoms with Gasteiger partial charge in [0.15, 0.2) is 5.96 Å². The lowest BCUT2D eigenvalue weighted by Gasteiger charge is -2.26. The minimum atomic E-state index is -1.23. The third-order valence-electron chi connectivity index (χ3n) is 5.28. The predicted molar refractivity (Wildman–Crippen MR) is 134 cm³/mol. The first-order chi connectivity index (χ1) is 16.8. The van der Waals surface area contributed by atoms with Crippen molar-refractivity contribution in [1.29, 1.82) is 0 Å². The van der Waals surface area contributed by atoms with E-state index in [1.54, 1.807) is 26.0 Å². The minimum Gasteiger partial charge on any atom is -0.508 e. The highest BCUT2D eigenvalue weighted by Crippen LogP contribution is 2.11. The summed E-state index contributed by atoms with van der Waals surface area (Å²) in [5, 5.41) is 26.0. The number of hydrogen-bond donors (Lipinski definition) is 8. The van der Waals surface area contributed by atoms with Gasteiger partial charge >= 0.3 is 5.97 Å². The Kier molecular flexibility index (Phi) is 12.2. The van der Waals surface area contributed by atoms with Crippen molar-refractivity contribution in [2.45, 2.75) is 64.2 Å². The summed E-state index contributed by atoms with van der Waals surface area (Å²) in [5.41, 5.74) is 17.3. The summed E-state index contributed by atoms with van der Waals surface area (Å²) in [6.45, 7) is 4.94. The molecule has 13 nitrogen and oxygen atoms in total. The van der Waals surface area contributed by atoms with Crippen LogP contribution in [0.1, 0.15) is 39.2 Å². The van der Waals surface area contributed by atoms with E-state index in [0.29, 0.717) is 6.42 Å². The highest BCUT2D eigenvalue weighted by molar-refractivity contribution is 5.94. The topological polar surface area (TPSA) is 235 Å².